The van der Waals surface area contributed by atoms with Crippen LogP contribution in [0.5, 0.6) is 0 Å². The van der Waals surface area contributed by atoms with Gasteiger partial charge in [-0.25, -0.2) is 4.98 Å². The summed E-state index contributed by atoms with van der Waals surface area (Å²) >= 11 is 6.09. The van der Waals surface area contributed by atoms with Crippen molar-refractivity contribution in [2.24, 2.45) is 0 Å². The molecule has 206 valence electrons. The van der Waals surface area contributed by atoms with Crippen LogP contribution in [0.2, 0.25) is 5.02 Å². The molecule has 1 saturated heterocycles. The number of halogens is 1. The van der Waals surface area contributed by atoms with Crippen LogP contribution in [0, 0.1) is 13.8 Å². The molecule has 0 spiro atoms. The van der Waals surface area contributed by atoms with Gasteiger partial charge in [-0.05, 0) is 67.6 Å². The number of hydrogen-bond donors (Lipinski definition) is 1. The van der Waals surface area contributed by atoms with Gasteiger partial charge in [0.25, 0.3) is 0 Å². The Balaban J connectivity index is 1.40. The minimum Gasteiger partial charge on any atom is -0.376 e. The summed E-state index contributed by atoms with van der Waals surface area (Å²) in [6.45, 7) is 5.07. The zero-order chi connectivity index (χ0) is 28.1. The van der Waals surface area contributed by atoms with E-state index < -0.39 is 0 Å². The summed E-state index contributed by atoms with van der Waals surface area (Å²) < 4.78 is 7.66. The van der Waals surface area contributed by atoms with E-state index in [2.05, 4.69) is 25.2 Å². The van der Waals surface area contributed by atoms with Gasteiger partial charge in [-0.2, -0.15) is 0 Å². The van der Waals surface area contributed by atoms with Gasteiger partial charge in [0.2, 0.25) is 17.8 Å². The summed E-state index contributed by atoms with van der Waals surface area (Å²) in [7, 11) is 0. The van der Waals surface area contributed by atoms with Crippen molar-refractivity contribution in [3.63, 3.8) is 0 Å². The molecule has 1 aromatic heterocycles. The zero-order valence-corrected chi connectivity index (χ0v) is 23.5. The van der Waals surface area contributed by atoms with Crippen molar-refractivity contribution in [2.45, 2.75) is 39.2 Å². The van der Waals surface area contributed by atoms with E-state index in [1.807, 2.05) is 77.5 Å². The van der Waals surface area contributed by atoms with E-state index in [0.29, 0.717) is 29.8 Å². The predicted molar refractivity (Wildman–Crippen MR) is 158 cm³/mol. The average Bonchev–Trinajstić information content (AvgIpc) is 3.61. The number of aryl methyl sites for hydroxylation is 2. The summed E-state index contributed by atoms with van der Waals surface area (Å²) in [6.07, 6.45) is 3.88. The molecule has 8 heteroatoms. The number of imidazole rings is 1. The van der Waals surface area contributed by atoms with Crippen LogP contribution in [0.25, 0.3) is 16.9 Å². The molecule has 0 unspecified atom stereocenters. The molecule has 3 aromatic carbocycles. The fraction of sp³-hybridized carbons (Fsp3) is 0.281. The normalized spacial score (nSPS) is 14.7. The number of ether oxygens (including phenoxy) is 1. The van der Waals surface area contributed by atoms with Crippen LogP contribution in [0.4, 0.5) is 5.95 Å². The van der Waals surface area contributed by atoms with Crippen LogP contribution in [-0.4, -0.2) is 52.1 Å². The van der Waals surface area contributed by atoms with E-state index in [1.165, 1.54) is 5.56 Å². The van der Waals surface area contributed by atoms with Crippen LogP contribution in [0.3, 0.4) is 0 Å². The van der Waals surface area contributed by atoms with Crippen molar-refractivity contribution in [3.05, 3.63) is 101 Å². The second kappa shape index (κ2) is 12.5. The number of carbonyl (C=O) groups excluding carboxylic acids is 2. The van der Waals surface area contributed by atoms with Gasteiger partial charge in [0.05, 0.1) is 18.2 Å². The molecule has 1 aliphatic rings. The highest BCUT2D eigenvalue weighted by Gasteiger charge is 2.25. The summed E-state index contributed by atoms with van der Waals surface area (Å²) in [5, 5.41) is 3.61. The first-order valence-corrected chi connectivity index (χ1v) is 13.9. The third-order valence-electron chi connectivity index (χ3n) is 7.20. The lowest BCUT2D eigenvalue weighted by Crippen LogP contribution is -2.43. The smallest absolute Gasteiger partial charge is 0.246 e. The third kappa shape index (κ3) is 6.79. The molecule has 2 heterocycles. The molecular formula is C32H33ClN4O3. The average molecular weight is 557 g/mol. The number of amides is 2. The van der Waals surface area contributed by atoms with E-state index in [1.54, 1.807) is 4.90 Å². The first kappa shape index (κ1) is 27.6. The number of benzene rings is 3. The molecule has 0 radical (unpaired) electrons. The summed E-state index contributed by atoms with van der Waals surface area (Å²) in [4.78, 5) is 33.1. The SMILES string of the molecule is Cc1ccc(-n2cc(-c3ccc(Cl)cc3)nc2NC(=O)CN(C[C@@H]2CCCO2)C(=O)Cc2ccccc2)cc1C. The van der Waals surface area contributed by atoms with Crippen molar-refractivity contribution in [1.29, 1.82) is 0 Å². The Morgan fingerprint density at radius 1 is 1.05 bits per heavy atom. The van der Waals surface area contributed by atoms with Gasteiger partial charge in [0.1, 0.15) is 6.54 Å². The van der Waals surface area contributed by atoms with Crippen LogP contribution in [-0.2, 0) is 20.7 Å². The highest BCUT2D eigenvalue weighted by molar-refractivity contribution is 6.30. The van der Waals surface area contributed by atoms with E-state index in [-0.39, 0.29) is 30.9 Å². The Labute approximate surface area is 239 Å². The lowest BCUT2D eigenvalue weighted by molar-refractivity contribution is -0.135. The fourth-order valence-corrected chi connectivity index (χ4v) is 4.93. The number of nitrogens with one attached hydrogen (secondary N) is 1. The van der Waals surface area contributed by atoms with Crippen molar-refractivity contribution in [2.75, 3.05) is 25.0 Å². The van der Waals surface area contributed by atoms with Crippen molar-refractivity contribution in [1.82, 2.24) is 14.5 Å². The summed E-state index contributed by atoms with van der Waals surface area (Å²) in [6, 6.07) is 23.1. The highest BCUT2D eigenvalue weighted by atomic mass is 35.5. The zero-order valence-electron chi connectivity index (χ0n) is 22.8. The van der Waals surface area contributed by atoms with Gasteiger partial charge < -0.3 is 9.64 Å². The topological polar surface area (TPSA) is 76.5 Å². The van der Waals surface area contributed by atoms with Crippen molar-refractivity contribution in [3.8, 4) is 16.9 Å². The molecule has 2 amide bonds. The van der Waals surface area contributed by atoms with Crippen LogP contribution >= 0.6 is 11.6 Å². The van der Waals surface area contributed by atoms with Gasteiger partial charge in [0, 0.05) is 35.6 Å². The van der Waals surface area contributed by atoms with Crippen LogP contribution < -0.4 is 5.32 Å². The Bertz CT molecular complexity index is 1480. The number of carbonyl (C=O) groups is 2. The van der Waals surface area contributed by atoms with Crippen molar-refractivity contribution >= 4 is 29.4 Å². The number of aromatic nitrogens is 2. The van der Waals surface area contributed by atoms with Crippen LogP contribution in [0.1, 0.15) is 29.5 Å². The molecule has 7 nitrogen and oxygen atoms in total. The molecule has 0 aliphatic carbocycles. The van der Waals surface area contributed by atoms with Gasteiger partial charge in [0.15, 0.2) is 0 Å². The predicted octanol–water partition coefficient (Wildman–Crippen LogP) is 6.00. The molecule has 1 N–H and O–H groups in total. The monoisotopic (exact) mass is 556 g/mol. The molecule has 40 heavy (non-hydrogen) atoms. The molecule has 1 atom stereocenters. The molecule has 0 saturated carbocycles. The molecular weight excluding hydrogens is 524 g/mol. The number of anilines is 1. The maximum Gasteiger partial charge on any atom is 0.246 e. The van der Waals surface area contributed by atoms with Gasteiger partial charge in [-0.3, -0.25) is 19.5 Å². The Morgan fingerprint density at radius 2 is 1.82 bits per heavy atom. The number of rotatable bonds is 9. The van der Waals surface area contributed by atoms with E-state index >= 15 is 0 Å². The van der Waals surface area contributed by atoms with E-state index in [0.717, 1.165) is 35.2 Å². The van der Waals surface area contributed by atoms with Gasteiger partial charge in [-0.1, -0.05) is 60.1 Å². The second-order valence-corrected chi connectivity index (χ2v) is 10.7. The third-order valence-corrected chi connectivity index (χ3v) is 7.45. The molecule has 0 bridgehead atoms. The Kier molecular flexibility index (Phi) is 8.63. The standard InChI is InChI=1S/C32H33ClN4O3/c1-22-10-15-27(17-23(22)2)37-20-29(25-11-13-26(33)14-12-25)34-32(37)35-30(38)21-36(19-28-9-6-16-40-28)31(39)18-24-7-4-3-5-8-24/h3-5,7-8,10-15,17,20,28H,6,9,16,18-19,21H2,1-2H3,(H,34,35,38)/t28-/m0/s1. The quantitative estimate of drug-likeness (QED) is 0.274. The molecule has 1 fully saturated rings. The lowest BCUT2D eigenvalue weighted by Gasteiger charge is -2.25. The largest absolute Gasteiger partial charge is 0.376 e. The highest BCUT2D eigenvalue weighted by Crippen LogP contribution is 2.26. The summed E-state index contributed by atoms with van der Waals surface area (Å²) in [5.74, 6) is -0.0558. The maximum absolute atomic E-state index is 13.4. The molecule has 4 aromatic rings. The van der Waals surface area contributed by atoms with Gasteiger partial charge in [-0.15, -0.1) is 0 Å². The maximum atomic E-state index is 13.4. The first-order valence-electron chi connectivity index (χ1n) is 13.5. The Hall–Kier alpha value is -3.94. The van der Waals surface area contributed by atoms with Crippen LogP contribution in [0.15, 0.2) is 79.0 Å². The molecule has 1 aliphatic heterocycles. The van der Waals surface area contributed by atoms with Crippen molar-refractivity contribution < 1.29 is 14.3 Å². The first-order chi connectivity index (χ1) is 19.4. The fourth-order valence-electron chi connectivity index (χ4n) is 4.81. The lowest BCUT2D eigenvalue weighted by atomic mass is 10.1. The summed E-state index contributed by atoms with van der Waals surface area (Å²) in [5.41, 5.74) is 5.66. The van der Waals surface area contributed by atoms with E-state index in [4.69, 9.17) is 21.3 Å². The minimum atomic E-state index is -0.322. The Morgan fingerprint density at radius 3 is 2.52 bits per heavy atom. The number of nitrogens with zero attached hydrogens (tertiary/aromatic N) is 3. The van der Waals surface area contributed by atoms with E-state index in [9.17, 15) is 9.59 Å². The minimum absolute atomic E-state index is 0.0680. The number of hydrogen-bond acceptors (Lipinski definition) is 4. The second-order valence-electron chi connectivity index (χ2n) is 10.2. The van der Waals surface area contributed by atoms with Gasteiger partial charge >= 0.3 is 0 Å². The molecule has 5 rings (SSSR count).